The Kier molecular flexibility index (Phi) is 4.29. The Morgan fingerprint density at radius 3 is 2.75 bits per heavy atom. The minimum Gasteiger partial charge on any atom is -0.369 e. The zero-order chi connectivity index (χ0) is 21.9. The first-order chi connectivity index (χ1) is 15.5. The molecule has 0 bridgehead atoms. The van der Waals surface area contributed by atoms with Crippen molar-refractivity contribution in [2.45, 2.75) is 25.2 Å². The summed E-state index contributed by atoms with van der Waals surface area (Å²) in [5.41, 5.74) is 4.52. The number of ketones is 1. The number of anilines is 1. The molecular weight excluding hydrogens is 426 g/mol. The van der Waals surface area contributed by atoms with Crippen molar-refractivity contribution >= 4 is 38.0 Å². The molecular formula is C23H21N5O3S. The van der Waals surface area contributed by atoms with Gasteiger partial charge >= 0.3 is 0 Å². The topological polar surface area (TPSA) is 106 Å². The maximum Gasteiger partial charge on any atom is 0.170 e. The predicted molar refractivity (Wildman–Crippen MR) is 122 cm³/mol. The fourth-order valence-corrected chi connectivity index (χ4v) is 6.24. The van der Waals surface area contributed by atoms with Gasteiger partial charge < -0.3 is 5.32 Å². The monoisotopic (exact) mass is 447 g/mol. The highest BCUT2D eigenvalue weighted by Crippen LogP contribution is 2.37. The van der Waals surface area contributed by atoms with E-state index in [0.29, 0.717) is 48.5 Å². The Morgan fingerprint density at radius 1 is 1.09 bits per heavy atom. The molecule has 2 aliphatic heterocycles. The number of fused-ring (bicyclic) bond motifs is 4. The summed E-state index contributed by atoms with van der Waals surface area (Å²) in [6.45, 7) is 0.538. The Morgan fingerprint density at radius 2 is 1.91 bits per heavy atom. The molecule has 32 heavy (non-hydrogen) atoms. The van der Waals surface area contributed by atoms with Gasteiger partial charge in [-0.1, -0.05) is 18.2 Å². The highest BCUT2D eigenvalue weighted by Gasteiger charge is 2.33. The summed E-state index contributed by atoms with van der Waals surface area (Å²) >= 11 is 0. The lowest BCUT2D eigenvalue weighted by Crippen LogP contribution is -2.28. The molecule has 0 saturated carbocycles. The molecule has 162 valence electrons. The van der Waals surface area contributed by atoms with Gasteiger partial charge in [-0.05, 0) is 25.0 Å². The smallest absolute Gasteiger partial charge is 0.170 e. The summed E-state index contributed by atoms with van der Waals surface area (Å²) in [7, 11) is -3.02. The number of aromatic nitrogens is 4. The molecule has 1 N–H and O–H groups in total. The van der Waals surface area contributed by atoms with Crippen LogP contribution in [0.1, 0.15) is 41.2 Å². The largest absolute Gasteiger partial charge is 0.369 e. The first-order valence-electron chi connectivity index (χ1n) is 10.7. The molecule has 6 rings (SSSR count). The van der Waals surface area contributed by atoms with Gasteiger partial charge in [-0.3, -0.25) is 9.78 Å². The molecule has 0 amide bonds. The van der Waals surface area contributed by atoms with Gasteiger partial charge in [0.25, 0.3) is 0 Å². The van der Waals surface area contributed by atoms with Gasteiger partial charge in [-0.2, -0.15) is 9.61 Å². The lowest BCUT2D eigenvalue weighted by molar-refractivity contribution is 0.0981. The van der Waals surface area contributed by atoms with Crippen molar-refractivity contribution in [1.82, 2.24) is 19.6 Å². The number of carbonyl (C=O) groups excluding carboxylic acids is 1. The molecule has 8 nitrogen and oxygen atoms in total. The first kappa shape index (κ1) is 19.4. The van der Waals surface area contributed by atoms with Gasteiger partial charge in [0.15, 0.2) is 11.4 Å². The Balaban J connectivity index is 1.55. The van der Waals surface area contributed by atoms with Crippen LogP contribution in [0.2, 0.25) is 0 Å². The summed E-state index contributed by atoms with van der Waals surface area (Å²) in [6, 6.07) is 9.97. The summed E-state index contributed by atoms with van der Waals surface area (Å²) in [4.78, 5) is 22.4. The molecule has 0 radical (unpaired) electrons. The second kappa shape index (κ2) is 7.09. The zero-order valence-electron chi connectivity index (χ0n) is 17.3. The van der Waals surface area contributed by atoms with Crippen LogP contribution in [0.5, 0.6) is 0 Å². The van der Waals surface area contributed by atoms with Crippen LogP contribution in [-0.4, -0.2) is 51.8 Å². The highest BCUT2D eigenvalue weighted by molar-refractivity contribution is 7.91. The molecule has 9 heteroatoms. The van der Waals surface area contributed by atoms with Crippen LogP contribution in [0.25, 0.3) is 27.7 Å². The van der Waals surface area contributed by atoms with Crippen molar-refractivity contribution in [2.24, 2.45) is 0 Å². The molecule has 0 aliphatic carbocycles. The summed E-state index contributed by atoms with van der Waals surface area (Å²) in [5.74, 6) is 0.859. The molecule has 3 aromatic heterocycles. The van der Waals surface area contributed by atoms with Crippen molar-refractivity contribution in [3.8, 4) is 11.1 Å². The number of rotatable bonds is 2. The van der Waals surface area contributed by atoms with Gasteiger partial charge in [0.1, 0.15) is 15.7 Å². The van der Waals surface area contributed by atoms with E-state index in [1.165, 1.54) is 0 Å². The molecule has 1 fully saturated rings. The van der Waals surface area contributed by atoms with E-state index in [1.807, 2.05) is 30.5 Å². The Labute approximate surface area is 184 Å². The van der Waals surface area contributed by atoms with E-state index in [9.17, 15) is 13.2 Å². The van der Waals surface area contributed by atoms with Crippen molar-refractivity contribution in [1.29, 1.82) is 0 Å². The fraction of sp³-hybridized carbons (Fsp3) is 0.304. The van der Waals surface area contributed by atoms with Crippen LogP contribution >= 0.6 is 0 Å². The van der Waals surface area contributed by atoms with Crippen molar-refractivity contribution in [3.05, 3.63) is 54.0 Å². The van der Waals surface area contributed by atoms with Crippen molar-refractivity contribution in [3.63, 3.8) is 0 Å². The average molecular weight is 448 g/mol. The van der Waals surface area contributed by atoms with Crippen LogP contribution in [0.3, 0.4) is 0 Å². The van der Waals surface area contributed by atoms with Crippen molar-refractivity contribution in [2.75, 3.05) is 23.4 Å². The number of hydrogen-bond acceptors (Lipinski definition) is 7. The predicted octanol–water partition coefficient (Wildman–Crippen LogP) is 3.24. The van der Waals surface area contributed by atoms with Crippen LogP contribution in [0, 0.1) is 0 Å². The number of carbonyl (C=O) groups is 1. The van der Waals surface area contributed by atoms with E-state index in [4.69, 9.17) is 4.98 Å². The lowest BCUT2D eigenvalue weighted by atomic mass is 9.91. The third kappa shape index (κ3) is 3.07. The summed E-state index contributed by atoms with van der Waals surface area (Å²) in [6.07, 6.45) is 4.91. The second-order valence-corrected chi connectivity index (χ2v) is 10.8. The van der Waals surface area contributed by atoms with Gasteiger partial charge in [-0.25, -0.2) is 13.4 Å². The average Bonchev–Trinajstić information content (AvgIpc) is 3.23. The number of pyridine rings is 1. The fourth-order valence-electron chi connectivity index (χ4n) is 4.75. The van der Waals surface area contributed by atoms with Crippen molar-refractivity contribution < 1.29 is 13.2 Å². The van der Waals surface area contributed by atoms with Crippen LogP contribution < -0.4 is 5.32 Å². The molecule has 1 saturated heterocycles. The van der Waals surface area contributed by atoms with Gasteiger partial charge in [0.05, 0.1) is 34.5 Å². The second-order valence-electron chi connectivity index (χ2n) is 8.46. The van der Waals surface area contributed by atoms with E-state index >= 15 is 0 Å². The van der Waals surface area contributed by atoms with Gasteiger partial charge in [0.2, 0.25) is 0 Å². The number of hydrogen-bond donors (Lipinski definition) is 1. The lowest BCUT2D eigenvalue weighted by Gasteiger charge is -2.27. The third-order valence-electron chi connectivity index (χ3n) is 6.44. The number of sulfone groups is 1. The zero-order valence-corrected chi connectivity index (χ0v) is 18.1. The Hall–Kier alpha value is -3.33. The number of para-hydroxylation sites is 1. The molecule has 0 spiro atoms. The van der Waals surface area contributed by atoms with E-state index < -0.39 is 9.84 Å². The number of nitrogens with one attached hydrogen (secondary N) is 1. The first-order valence-corrected chi connectivity index (χ1v) is 12.6. The van der Waals surface area contributed by atoms with E-state index in [0.717, 1.165) is 22.0 Å². The standard InChI is InChI=1S/C23H21N5O3S/c29-19-5-8-24-23-20(19)21(14-6-9-32(30,31)10-7-14)27-22-17(13-26-28(22)23)16-11-15-3-1-2-4-18(15)25-12-16/h1-4,11-14,24H,5-10H2. The maximum absolute atomic E-state index is 12.9. The summed E-state index contributed by atoms with van der Waals surface area (Å²) in [5, 5.41) is 8.90. The van der Waals surface area contributed by atoms with E-state index in [-0.39, 0.29) is 23.2 Å². The minimum absolute atomic E-state index is 0.0287. The maximum atomic E-state index is 12.9. The molecule has 1 aromatic carbocycles. The third-order valence-corrected chi connectivity index (χ3v) is 8.16. The molecule has 5 heterocycles. The number of benzene rings is 1. The minimum atomic E-state index is -3.02. The molecule has 0 unspecified atom stereocenters. The molecule has 4 aromatic rings. The van der Waals surface area contributed by atoms with Gasteiger partial charge in [0, 0.05) is 41.6 Å². The Bertz CT molecular complexity index is 1500. The molecule has 0 atom stereocenters. The SMILES string of the molecule is O=C1CCNc2c1c(C1CCS(=O)(=O)CC1)nc1c(-c3cnc4ccccc4c3)cnn21. The van der Waals surface area contributed by atoms with Crippen LogP contribution in [-0.2, 0) is 9.84 Å². The normalized spacial score (nSPS) is 18.6. The van der Waals surface area contributed by atoms with E-state index in [2.05, 4.69) is 21.5 Å². The molecule has 2 aliphatic rings. The number of Topliss-reactive ketones (excluding diaryl/α,β-unsaturated/α-hetero) is 1. The summed E-state index contributed by atoms with van der Waals surface area (Å²) < 4.78 is 25.6. The van der Waals surface area contributed by atoms with Crippen LogP contribution in [0.15, 0.2) is 42.7 Å². The van der Waals surface area contributed by atoms with E-state index in [1.54, 1.807) is 10.7 Å². The van der Waals surface area contributed by atoms with Crippen LogP contribution in [0.4, 0.5) is 5.82 Å². The quantitative estimate of drug-likeness (QED) is 0.503. The number of nitrogens with zero attached hydrogens (tertiary/aromatic N) is 4. The van der Waals surface area contributed by atoms with Gasteiger partial charge in [-0.15, -0.1) is 0 Å². The highest BCUT2D eigenvalue weighted by atomic mass is 32.2.